The maximum Gasteiger partial charge on any atom is 0.314 e. The molecule has 0 radical (unpaired) electrons. The molecule has 2 aromatic heterocycles. The smallest absolute Gasteiger partial charge is 0.314 e. The average molecular weight is 560 g/mol. The zero-order valence-corrected chi connectivity index (χ0v) is 23.2. The number of rotatable bonds is 8. The lowest BCUT2D eigenvalue weighted by Crippen LogP contribution is -2.40. The maximum absolute atomic E-state index is 13.6. The van der Waals surface area contributed by atoms with Gasteiger partial charge in [-0.25, -0.2) is 12.9 Å². The van der Waals surface area contributed by atoms with Gasteiger partial charge >= 0.3 is 11.9 Å². The van der Waals surface area contributed by atoms with Crippen LogP contribution in [0.15, 0.2) is 47.6 Å². The number of pyridine rings is 1. The molecule has 0 amide bonds. The Kier molecular flexibility index (Phi) is 8.28. The van der Waals surface area contributed by atoms with E-state index >= 15 is 0 Å². The first-order chi connectivity index (χ1) is 18.4. The van der Waals surface area contributed by atoms with E-state index in [9.17, 15) is 23.1 Å². The van der Waals surface area contributed by atoms with Crippen LogP contribution in [0.2, 0.25) is 0 Å². The number of sulfonamides is 1. The number of ether oxygens (including phenoxy) is 3. The molecular formula is C27H33N3O8S. The molecule has 1 aromatic carbocycles. The van der Waals surface area contributed by atoms with Crippen LogP contribution in [0.1, 0.15) is 39.2 Å². The first kappa shape index (κ1) is 28.5. The summed E-state index contributed by atoms with van der Waals surface area (Å²) in [6.45, 7) is 5.23. The van der Waals surface area contributed by atoms with Crippen LogP contribution in [-0.4, -0.2) is 72.5 Å². The molecule has 1 saturated heterocycles. The fraction of sp³-hybridized carbons (Fsp3) is 0.444. The van der Waals surface area contributed by atoms with Crippen molar-refractivity contribution in [1.82, 2.24) is 13.9 Å². The molecule has 0 bridgehead atoms. The van der Waals surface area contributed by atoms with Crippen LogP contribution in [0, 0.1) is 5.41 Å². The largest absolute Gasteiger partial charge is 0.508 e. The van der Waals surface area contributed by atoms with Crippen LogP contribution in [0.5, 0.6) is 5.75 Å². The fourth-order valence-electron chi connectivity index (χ4n) is 4.32. The number of methoxy groups -OCH3 is 1. The van der Waals surface area contributed by atoms with E-state index in [1.807, 2.05) is 0 Å². The second kappa shape index (κ2) is 11.3. The Hall–Kier alpha value is -3.48. The highest BCUT2D eigenvalue weighted by Gasteiger charge is 2.32. The summed E-state index contributed by atoms with van der Waals surface area (Å²) in [6.07, 6.45) is 4.24. The van der Waals surface area contributed by atoms with Gasteiger partial charge in [0, 0.05) is 43.6 Å². The number of aromatic nitrogens is 2. The number of carbonyl (C=O) groups excluding carboxylic acids is 2. The van der Waals surface area contributed by atoms with E-state index in [-0.39, 0.29) is 23.2 Å². The number of benzene rings is 1. The number of aromatic hydroxyl groups is 1. The van der Waals surface area contributed by atoms with E-state index in [1.54, 1.807) is 56.8 Å². The van der Waals surface area contributed by atoms with E-state index in [4.69, 9.17) is 14.2 Å². The summed E-state index contributed by atoms with van der Waals surface area (Å²) in [5.74, 6) is -1.26. The first-order valence-corrected chi connectivity index (χ1v) is 14.0. The zero-order valence-electron chi connectivity index (χ0n) is 22.4. The number of hydrogen-bond donors (Lipinski definition) is 1. The SMILES string of the molecule is COC1CCN(S(=O)(=O)c2cc(O)ccc2-c2ccn3ncc(CC(=O)OCOC(=O)C(C)(C)C)c3c2)CC1. The Balaban J connectivity index is 1.58. The molecule has 0 aliphatic carbocycles. The van der Waals surface area contributed by atoms with Crippen LogP contribution >= 0.6 is 0 Å². The predicted molar refractivity (Wildman–Crippen MR) is 141 cm³/mol. The Bertz CT molecular complexity index is 1470. The normalized spacial score (nSPS) is 15.4. The Labute approximate surface area is 227 Å². The van der Waals surface area contributed by atoms with E-state index in [2.05, 4.69) is 5.10 Å². The number of hydrogen-bond acceptors (Lipinski definition) is 9. The first-order valence-electron chi connectivity index (χ1n) is 12.6. The predicted octanol–water partition coefficient (Wildman–Crippen LogP) is 3.14. The summed E-state index contributed by atoms with van der Waals surface area (Å²) in [7, 11) is -2.30. The maximum atomic E-state index is 13.6. The van der Waals surface area contributed by atoms with Gasteiger partial charge in [0.05, 0.1) is 34.5 Å². The lowest BCUT2D eigenvalue weighted by Gasteiger charge is -2.31. The van der Waals surface area contributed by atoms with Gasteiger partial charge in [-0.1, -0.05) is 0 Å². The molecule has 1 aliphatic heterocycles. The van der Waals surface area contributed by atoms with Crippen molar-refractivity contribution in [2.45, 2.75) is 51.0 Å². The van der Waals surface area contributed by atoms with Gasteiger partial charge in [0.1, 0.15) is 5.75 Å². The fourth-order valence-corrected chi connectivity index (χ4v) is 6.02. The third kappa shape index (κ3) is 6.40. The molecule has 0 saturated carbocycles. The van der Waals surface area contributed by atoms with Crippen molar-refractivity contribution in [2.75, 3.05) is 27.0 Å². The molecule has 4 rings (SSSR count). The monoisotopic (exact) mass is 559 g/mol. The van der Waals surface area contributed by atoms with Gasteiger partial charge in [0.2, 0.25) is 16.8 Å². The quantitative estimate of drug-likeness (QED) is 0.326. The molecule has 11 nitrogen and oxygen atoms in total. The molecule has 12 heteroatoms. The summed E-state index contributed by atoms with van der Waals surface area (Å²) in [5.41, 5.74) is 1.39. The highest BCUT2D eigenvalue weighted by molar-refractivity contribution is 7.89. The molecule has 1 aliphatic rings. The van der Waals surface area contributed by atoms with Crippen molar-refractivity contribution in [3.8, 4) is 16.9 Å². The molecule has 1 fully saturated rings. The van der Waals surface area contributed by atoms with Crippen molar-refractivity contribution >= 4 is 27.5 Å². The number of carbonyl (C=O) groups is 2. The molecule has 1 N–H and O–H groups in total. The van der Waals surface area contributed by atoms with E-state index in [1.165, 1.54) is 22.6 Å². The minimum atomic E-state index is -3.91. The number of esters is 2. The van der Waals surface area contributed by atoms with Gasteiger partial charge in [-0.05, 0) is 63.4 Å². The topological polar surface area (TPSA) is 137 Å². The summed E-state index contributed by atoms with van der Waals surface area (Å²) in [5, 5.41) is 14.4. The van der Waals surface area contributed by atoms with E-state index in [0.717, 1.165) is 0 Å². The van der Waals surface area contributed by atoms with Crippen LogP contribution < -0.4 is 0 Å². The van der Waals surface area contributed by atoms with Gasteiger partial charge in [-0.15, -0.1) is 0 Å². The van der Waals surface area contributed by atoms with Gasteiger partial charge < -0.3 is 19.3 Å². The molecule has 3 heterocycles. The lowest BCUT2D eigenvalue weighted by molar-refractivity contribution is -0.172. The third-order valence-corrected chi connectivity index (χ3v) is 8.53. The lowest BCUT2D eigenvalue weighted by atomic mass is 9.98. The summed E-state index contributed by atoms with van der Waals surface area (Å²) < 4.78 is 45.6. The minimum Gasteiger partial charge on any atom is -0.508 e. The van der Waals surface area contributed by atoms with E-state index < -0.39 is 34.2 Å². The van der Waals surface area contributed by atoms with Gasteiger partial charge in [0.15, 0.2) is 0 Å². The number of fused-ring (bicyclic) bond motifs is 1. The van der Waals surface area contributed by atoms with Crippen LogP contribution in [-0.2, 0) is 40.2 Å². The van der Waals surface area contributed by atoms with Crippen molar-refractivity contribution < 1.29 is 37.3 Å². The number of nitrogens with zero attached hydrogens (tertiary/aromatic N) is 3. The van der Waals surface area contributed by atoms with Crippen molar-refractivity contribution in [3.63, 3.8) is 0 Å². The molecule has 0 unspecified atom stereocenters. The summed E-state index contributed by atoms with van der Waals surface area (Å²) in [6, 6.07) is 7.70. The Morgan fingerprint density at radius 1 is 1.10 bits per heavy atom. The van der Waals surface area contributed by atoms with Gasteiger partial charge in [-0.3, -0.25) is 9.59 Å². The van der Waals surface area contributed by atoms with Crippen LogP contribution in [0.4, 0.5) is 0 Å². The van der Waals surface area contributed by atoms with Crippen molar-refractivity contribution in [3.05, 3.63) is 48.3 Å². The highest BCUT2D eigenvalue weighted by atomic mass is 32.2. The minimum absolute atomic E-state index is 0.0103. The molecular weight excluding hydrogens is 526 g/mol. The standard InChI is InChI=1S/C27H33N3O8S/c1-27(2,3)26(33)38-17-37-25(32)14-19-16-28-30-12-7-18(13-23(19)30)22-6-5-20(31)15-24(22)39(34,35)29-10-8-21(36-4)9-11-29/h5-7,12-13,15-16,21,31H,8-11,14,17H2,1-4H3. The van der Waals surface area contributed by atoms with Crippen LogP contribution in [0.25, 0.3) is 16.6 Å². The van der Waals surface area contributed by atoms with Crippen molar-refractivity contribution in [2.24, 2.45) is 5.41 Å². The Morgan fingerprint density at radius 2 is 1.82 bits per heavy atom. The summed E-state index contributed by atoms with van der Waals surface area (Å²) in [4.78, 5) is 24.3. The Morgan fingerprint density at radius 3 is 2.49 bits per heavy atom. The highest BCUT2D eigenvalue weighted by Crippen LogP contribution is 2.34. The molecule has 0 atom stereocenters. The van der Waals surface area contributed by atoms with Gasteiger partial charge in [0.25, 0.3) is 0 Å². The summed E-state index contributed by atoms with van der Waals surface area (Å²) >= 11 is 0. The van der Waals surface area contributed by atoms with Gasteiger partial charge in [-0.2, -0.15) is 9.40 Å². The number of phenols is 1. The molecule has 210 valence electrons. The molecule has 3 aromatic rings. The second-order valence-electron chi connectivity index (χ2n) is 10.4. The molecule has 39 heavy (non-hydrogen) atoms. The molecule has 0 spiro atoms. The average Bonchev–Trinajstić information content (AvgIpc) is 3.29. The zero-order chi connectivity index (χ0) is 28.4. The second-order valence-corrected chi connectivity index (χ2v) is 12.3. The third-order valence-electron chi connectivity index (χ3n) is 6.59. The number of phenolic OH excluding ortho intramolecular Hbond substituents is 1. The number of piperidine rings is 1. The van der Waals surface area contributed by atoms with Crippen molar-refractivity contribution in [1.29, 1.82) is 0 Å². The van der Waals surface area contributed by atoms with Crippen LogP contribution in [0.3, 0.4) is 0 Å². The van der Waals surface area contributed by atoms with E-state index in [0.29, 0.717) is 48.1 Å².